The monoisotopic (exact) mass is 904 g/mol. The Kier molecular flexibility index (Phi) is 39.4. The van der Waals surface area contributed by atoms with Crippen molar-refractivity contribution in [2.45, 2.75) is 225 Å². The Bertz CT molecular complexity index is 1160. The normalized spacial score (nSPS) is 13.0. The van der Waals surface area contributed by atoms with Gasteiger partial charge in [-0.1, -0.05) is 212 Å². The van der Waals surface area contributed by atoms with E-state index in [-0.39, 0.29) is 50.5 Å². The molecular formula is C49H88Cl2NO7P. The minimum atomic E-state index is -4.00. The molecule has 0 aliphatic carbocycles. The molecule has 2 atom stereocenters. The van der Waals surface area contributed by atoms with Crippen LogP contribution in [0.3, 0.4) is 0 Å². The van der Waals surface area contributed by atoms with Gasteiger partial charge in [-0.2, -0.15) is 4.67 Å². The summed E-state index contributed by atoms with van der Waals surface area (Å²) in [6, 6.07) is 8.74. The van der Waals surface area contributed by atoms with Gasteiger partial charge in [0, 0.05) is 37.7 Å². The van der Waals surface area contributed by atoms with E-state index in [0.29, 0.717) is 12.2 Å². The van der Waals surface area contributed by atoms with E-state index < -0.39 is 19.8 Å². The lowest BCUT2D eigenvalue weighted by Gasteiger charge is -2.30. The zero-order chi connectivity index (χ0) is 43.6. The summed E-state index contributed by atoms with van der Waals surface area (Å²) in [5.74, 6) is -0.0307. The van der Waals surface area contributed by atoms with Crippen LogP contribution in [0.4, 0.5) is 0 Å². The molecule has 1 aromatic carbocycles. The first kappa shape index (κ1) is 56.7. The van der Waals surface area contributed by atoms with Gasteiger partial charge < -0.3 is 14.0 Å². The Morgan fingerprint density at radius 3 is 1.28 bits per heavy atom. The summed E-state index contributed by atoms with van der Waals surface area (Å²) in [5.41, 5.74) is 0. The molecule has 0 bridgehead atoms. The second-order valence-electron chi connectivity index (χ2n) is 16.7. The lowest BCUT2D eigenvalue weighted by atomic mass is 10.0. The third-order valence-electron chi connectivity index (χ3n) is 11.1. The number of hydrogen-bond acceptors (Lipinski definition) is 7. The number of halogens is 2. The molecule has 0 aliphatic rings. The summed E-state index contributed by atoms with van der Waals surface area (Å²) in [7, 11) is -4.00. The minimum absolute atomic E-state index is 0.178. The third kappa shape index (κ3) is 33.3. The summed E-state index contributed by atoms with van der Waals surface area (Å²) in [6.07, 6.45) is 37.1. The maximum atomic E-state index is 14.3. The number of hydrogen-bond donors (Lipinski definition) is 0. The summed E-state index contributed by atoms with van der Waals surface area (Å²) in [6.45, 7) is 4.45. The van der Waals surface area contributed by atoms with E-state index in [1.165, 1.54) is 159 Å². The Labute approximate surface area is 378 Å². The standard InChI is InChI=1S/C49H88Cl2NO7P/c1-3-5-7-9-11-13-15-17-19-21-23-25-27-29-34-38-48(53)56-44-47(45-57-60(55,52(42-40-50)43-41-51)59-46-36-32-31-33-37-46)58-49(54)39-35-30-28-26-24-22-20-18-16-14-12-10-8-6-4-2/h31-33,36-37,47H,3-30,34-35,38-45H2,1-2H3/t47-,60+/m0/s1. The molecule has 350 valence electrons. The summed E-state index contributed by atoms with van der Waals surface area (Å²) >= 11 is 12.1. The van der Waals surface area contributed by atoms with Gasteiger partial charge in [0.05, 0.1) is 6.61 Å². The Morgan fingerprint density at radius 2 is 0.900 bits per heavy atom. The highest BCUT2D eigenvalue weighted by Gasteiger charge is 2.36. The molecule has 0 fully saturated rings. The number of nitrogens with zero attached hydrogens (tertiary/aromatic N) is 1. The third-order valence-corrected chi connectivity index (χ3v) is 13.5. The van der Waals surface area contributed by atoms with Crippen molar-refractivity contribution in [3.8, 4) is 5.75 Å². The van der Waals surface area contributed by atoms with E-state index in [1.807, 2.05) is 6.07 Å². The maximum Gasteiger partial charge on any atom is 0.461 e. The van der Waals surface area contributed by atoms with Crippen LogP contribution in [0.15, 0.2) is 30.3 Å². The quantitative estimate of drug-likeness (QED) is 0.0277. The fraction of sp³-hybridized carbons (Fsp3) is 0.837. The molecule has 0 amide bonds. The van der Waals surface area contributed by atoms with E-state index in [0.717, 1.165) is 38.5 Å². The van der Waals surface area contributed by atoms with Crippen LogP contribution in [0.25, 0.3) is 0 Å². The number of rotatable bonds is 45. The number of unbranched alkanes of at least 4 members (excludes halogenated alkanes) is 28. The molecule has 0 saturated carbocycles. The van der Waals surface area contributed by atoms with Gasteiger partial charge >= 0.3 is 19.7 Å². The lowest BCUT2D eigenvalue weighted by molar-refractivity contribution is -0.161. The van der Waals surface area contributed by atoms with Gasteiger partial charge in [0.25, 0.3) is 0 Å². The highest BCUT2D eigenvalue weighted by Crippen LogP contribution is 2.52. The molecule has 0 aliphatic heterocycles. The van der Waals surface area contributed by atoms with Crippen LogP contribution in [-0.2, 0) is 28.2 Å². The van der Waals surface area contributed by atoms with Gasteiger partial charge in [0.15, 0.2) is 6.10 Å². The Hall–Kier alpha value is -1.31. The average Bonchev–Trinajstić information content (AvgIpc) is 3.24. The first-order valence-corrected chi connectivity index (χ1v) is 27.2. The first-order chi connectivity index (χ1) is 29.4. The fourth-order valence-electron chi connectivity index (χ4n) is 7.41. The number of ether oxygens (including phenoxy) is 2. The topological polar surface area (TPSA) is 91.4 Å². The van der Waals surface area contributed by atoms with Crippen molar-refractivity contribution in [2.75, 3.05) is 38.1 Å². The van der Waals surface area contributed by atoms with Gasteiger partial charge in [-0.15, -0.1) is 23.2 Å². The zero-order valence-electron chi connectivity index (χ0n) is 38.3. The highest BCUT2D eigenvalue weighted by molar-refractivity contribution is 7.51. The second-order valence-corrected chi connectivity index (χ2v) is 19.4. The van der Waals surface area contributed by atoms with Gasteiger partial charge in [-0.05, 0) is 25.0 Å². The fourth-order valence-corrected chi connectivity index (χ4v) is 9.82. The van der Waals surface area contributed by atoms with Crippen LogP contribution in [0.2, 0.25) is 0 Å². The van der Waals surface area contributed by atoms with E-state index in [2.05, 4.69) is 13.8 Å². The van der Waals surface area contributed by atoms with Gasteiger partial charge in [-0.3, -0.25) is 14.1 Å². The smallest absolute Gasteiger partial charge is 0.461 e. The van der Waals surface area contributed by atoms with E-state index >= 15 is 0 Å². The van der Waals surface area contributed by atoms with Crippen LogP contribution in [-0.4, -0.2) is 60.8 Å². The summed E-state index contributed by atoms with van der Waals surface area (Å²) < 4.78 is 39.1. The lowest BCUT2D eigenvalue weighted by Crippen LogP contribution is -2.33. The number of esters is 2. The number of carbonyl (C=O) groups excluding carboxylic acids is 2. The summed E-state index contributed by atoms with van der Waals surface area (Å²) in [5, 5.41) is 0. The first-order valence-electron chi connectivity index (χ1n) is 24.6. The van der Waals surface area contributed by atoms with E-state index in [1.54, 1.807) is 24.3 Å². The van der Waals surface area contributed by atoms with Crippen molar-refractivity contribution in [3.05, 3.63) is 30.3 Å². The van der Waals surface area contributed by atoms with Crippen molar-refractivity contribution in [3.63, 3.8) is 0 Å². The van der Waals surface area contributed by atoms with E-state index in [4.69, 9.17) is 41.7 Å². The van der Waals surface area contributed by atoms with Crippen LogP contribution < -0.4 is 4.52 Å². The molecule has 0 unspecified atom stereocenters. The van der Waals surface area contributed by atoms with Gasteiger partial charge in [0.2, 0.25) is 0 Å². The zero-order valence-corrected chi connectivity index (χ0v) is 40.7. The predicted molar refractivity (Wildman–Crippen MR) is 254 cm³/mol. The van der Waals surface area contributed by atoms with Crippen LogP contribution >= 0.6 is 30.9 Å². The largest absolute Gasteiger partial charge is 0.462 e. The minimum Gasteiger partial charge on any atom is -0.462 e. The Balaban J connectivity index is 2.54. The molecular weight excluding hydrogens is 816 g/mol. The van der Waals surface area contributed by atoms with Crippen LogP contribution in [0.5, 0.6) is 5.75 Å². The molecule has 1 rings (SSSR count). The number of para-hydroxylation sites is 1. The van der Waals surface area contributed by atoms with Crippen molar-refractivity contribution < 1.29 is 32.7 Å². The van der Waals surface area contributed by atoms with Crippen molar-refractivity contribution >= 4 is 42.9 Å². The maximum absolute atomic E-state index is 14.3. The molecule has 8 nitrogen and oxygen atoms in total. The van der Waals surface area contributed by atoms with Gasteiger partial charge in [-0.25, -0.2) is 4.57 Å². The molecule has 0 N–H and O–H groups in total. The van der Waals surface area contributed by atoms with Crippen molar-refractivity contribution in [1.29, 1.82) is 0 Å². The average molecular weight is 905 g/mol. The molecule has 0 heterocycles. The molecule has 11 heteroatoms. The second kappa shape index (κ2) is 41.7. The van der Waals surface area contributed by atoms with Crippen LogP contribution in [0.1, 0.15) is 219 Å². The number of benzene rings is 1. The predicted octanol–water partition coefficient (Wildman–Crippen LogP) is 15.9. The Morgan fingerprint density at radius 1 is 0.533 bits per heavy atom. The van der Waals surface area contributed by atoms with Crippen molar-refractivity contribution in [2.24, 2.45) is 0 Å². The molecule has 0 spiro atoms. The molecule has 0 aromatic heterocycles. The van der Waals surface area contributed by atoms with Crippen molar-refractivity contribution in [1.82, 2.24) is 4.67 Å². The summed E-state index contributed by atoms with van der Waals surface area (Å²) in [4.78, 5) is 25.8. The number of carbonyl (C=O) groups is 2. The SMILES string of the molecule is CCCCCCCCCCCCCCCCCC(=O)OC[C@@H](CO[P@@](=O)(Oc1ccccc1)N(CCCl)CCCl)OC(=O)CCCCCCCCCCCCCCCCC. The van der Waals surface area contributed by atoms with Gasteiger partial charge in [0.1, 0.15) is 12.4 Å². The van der Waals surface area contributed by atoms with E-state index in [9.17, 15) is 14.2 Å². The molecule has 60 heavy (non-hydrogen) atoms. The molecule has 1 aromatic rings. The van der Waals surface area contributed by atoms with Crippen LogP contribution in [0, 0.1) is 0 Å². The molecule has 0 radical (unpaired) electrons. The number of alkyl halides is 2. The molecule has 0 saturated heterocycles. The highest BCUT2D eigenvalue weighted by atomic mass is 35.5.